The lowest BCUT2D eigenvalue weighted by atomic mass is 9.90. The van der Waals surface area contributed by atoms with Crippen molar-refractivity contribution in [2.75, 3.05) is 0 Å². The van der Waals surface area contributed by atoms with Gasteiger partial charge in [-0.05, 0) is 64.2 Å². The molecule has 2 aromatic carbocycles. The molecule has 0 saturated carbocycles. The molecule has 1 heterocycles. The second-order valence-corrected chi connectivity index (χ2v) is 8.28. The van der Waals surface area contributed by atoms with Crippen molar-refractivity contribution in [1.29, 1.82) is 0 Å². The van der Waals surface area contributed by atoms with Gasteiger partial charge in [0.25, 0.3) is 0 Å². The summed E-state index contributed by atoms with van der Waals surface area (Å²) in [4.78, 5) is 0. The lowest BCUT2D eigenvalue weighted by Crippen LogP contribution is -2.39. The van der Waals surface area contributed by atoms with E-state index in [1.165, 1.54) is 11.1 Å². The molecular weight excluding hydrogens is 336 g/mol. The van der Waals surface area contributed by atoms with Crippen molar-refractivity contribution in [2.24, 2.45) is 0 Å². The van der Waals surface area contributed by atoms with Gasteiger partial charge in [-0.25, -0.2) is 0 Å². The largest absolute Gasteiger partial charge is 0.508 e. The molecule has 0 saturated heterocycles. The van der Waals surface area contributed by atoms with Crippen LogP contribution in [-0.4, -0.2) is 21.9 Å². The molecule has 0 radical (unpaired) electrons. The standard InChI is InChI=1S/C24H30O3/c1-16(2)10-13-19-21(25)14-18(12-11-17-8-6-5-7-9-17)20-15-22(24(3,4)26)27-23(19)20/h5-10,14,22,25-26H,11-13,15H2,1-4H3. The van der Waals surface area contributed by atoms with E-state index in [4.69, 9.17) is 4.74 Å². The summed E-state index contributed by atoms with van der Waals surface area (Å²) < 4.78 is 6.17. The number of hydrogen-bond donors (Lipinski definition) is 2. The van der Waals surface area contributed by atoms with Crippen LogP contribution in [0.2, 0.25) is 0 Å². The summed E-state index contributed by atoms with van der Waals surface area (Å²) in [5, 5.41) is 21.2. The molecule has 144 valence electrons. The highest BCUT2D eigenvalue weighted by molar-refractivity contribution is 5.57. The molecule has 1 unspecified atom stereocenters. The molecule has 0 amide bonds. The van der Waals surface area contributed by atoms with Gasteiger partial charge in [-0.2, -0.15) is 0 Å². The van der Waals surface area contributed by atoms with E-state index in [-0.39, 0.29) is 11.9 Å². The van der Waals surface area contributed by atoms with Crippen LogP contribution in [0, 0.1) is 0 Å². The van der Waals surface area contributed by atoms with Crippen LogP contribution in [-0.2, 0) is 25.7 Å². The number of rotatable bonds is 6. The molecule has 2 aromatic rings. The normalized spacial score (nSPS) is 16.0. The Morgan fingerprint density at radius 3 is 2.52 bits per heavy atom. The number of phenolic OH excluding ortho intramolecular Hbond substituents is 1. The molecule has 1 atom stereocenters. The van der Waals surface area contributed by atoms with Crippen molar-refractivity contribution in [3.63, 3.8) is 0 Å². The minimum atomic E-state index is -0.931. The summed E-state index contributed by atoms with van der Waals surface area (Å²) in [5.41, 5.74) is 4.61. The highest BCUT2D eigenvalue weighted by Crippen LogP contribution is 2.43. The van der Waals surface area contributed by atoms with Crippen LogP contribution in [0.4, 0.5) is 0 Å². The van der Waals surface area contributed by atoms with Crippen molar-refractivity contribution in [1.82, 2.24) is 0 Å². The first-order valence-corrected chi connectivity index (χ1v) is 9.68. The molecule has 0 bridgehead atoms. The maximum Gasteiger partial charge on any atom is 0.131 e. The molecule has 3 nitrogen and oxygen atoms in total. The van der Waals surface area contributed by atoms with Crippen molar-refractivity contribution in [3.05, 3.63) is 70.3 Å². The molecule has 3 heteroatoms. The average Bonchev–Trinajstić information content (AvgIpc) is 3.05. The summed E-state index contributed by atoms with van der Waals surface area (Å²) >= 11 is 0. The predicted octanol–water partition coefficient (Wildman–Crippen LogP) is 4.76. The van der Waals surface area contributed by atoms with E-state index >= 15 is 0 Å². The fourth-order valence-electron chi connectivity index (χ4n) is 3.56. The van der Waals surface area contributed by atoms with Crippen LogP contribution in [0.3, 0.4) is 0 Å². The zero-order chi connectivity index (χ0) is 19.6. The van der Waals surface area contributed by atoms with Crippen molar-refractivity contribution in [3.8, 4) is 11.5 Å². The molecule has 0 aliphatic carbocycles. The van der Waals surface area contributed by atoms with E-state index < -0.39 is 5.60 Å². The summed E-state index contributed by atoms with van der Waals surface area (Å²) in [6.07, 6.45) is 4.85. The Labute approximate surface area is 162 Å². The predicted molar refractivity (Wildman–Crippen MR) is 110 cm³/mol. The third kappa shape index (κ3) is 4.54. The van der Waals surface area contributed by atoms with Gasteiger partial charge in [-0.3, -0.25) is 0 Å². The maximum atomic E-state index is 10.7. The molecule has 0 spiro atoms. The smallest absolute Gasteiger partial charge is 0.131 e. The van der Waals surface area contributed by atoms with Crippen LogP contribution >= 0.6 is 0 Å². The zero-order valence-electron chi connectivity index (χ0n) is 16.7. The SMILES string of the molecule is CC(C)=CCc1c(O)cc(CCc2ccccc2)c2c1OC(C(C)(C)O)C2. The minimum absolute atomic E-state index is 0.283. The highest BCUT2D eigenvalue weighted by atomic mass is 16.5. The van der Waals surface area contributed by atoms with Crippen LogP contribution in [0.5, 0.6) is 11.5 Å². The minimum Gasteiger partial charge on any atom is -0.508 e. The number of aryl methyl sites for hydroxylation is 2. The van der Waals surface area contributed by atoms with Gasteiger partial charge in [0.1, 0.15) is 17.6 Å². The summed E-state index contributed by atoms with van der Waals surface area (Å²) in [6.45, 7) is 7.66. The molecular formula is C24H30O3. The lowest BCUT2D eigenvalue weighted by molar-refractivity contribution is -0.0232. The maximum absolute atomic E-state index is 10.7. The number of phenols is 1. The second kappa shape index (κ2) is 7.77. The fraction of sp³-hybridized carbons (Fsp3) is 0.417. The Morgan fingerprint density at radius 1 is 1.19 bits per heavy atom. The van der Waals surface area contributed by atoms with Gasteiger partial charge in [-0.15, -0.1) is 0 Å². The Kier molecular flexibility index (Phi) is 5.61. The van der Waals surface area contributed by atoms with E-state index in [1.807, 2.05) is 38.1 Å². The van der Waals surface area contributed by atoms with Crippen LogP contribution < -0.4 is 4.74 Å². The topological polar surface area (TPSA) is 49.7 Å². The third-order valence-corrected chi connectivity index (χ3v) is 5.23. The van der Waals surface area contributed by atoms with E-state index in [1.54, 1.807) is 13.8 Å². The number of aromatic hydroxyl groups is 1. The fourth-order valence-corrected chi connectivity index (χ4v) is 3.56. The number of fused-ring (bicyclic) bond motifs is 1. The van der Waals surface area contributed by atoms with Gasteiger partial charge in [0, 0.05) is 17.5 Å². The Balaban J connectivity index is 1.95. The van der Waals surface area contributed by atoms with Crippen molar-refractivity contribution < 1.29 is 14.9 Å². The third-order valence-electron chi connectivity index (χ3n) is 5.23. The summed E-state index contributed by atoms with van der Waals surface area (Å²) in [7, 11) is 0. The van der Waals surface area contributed by atoms with Crippen LogP contribution in [0.1, 0.15) is 49.9 Å². The molecule has 27 heavy (non-hydrogen) atoms. The number of hydrogen-bond acceptors (Lipinski definition) is 3. The zero-order valence-corrected chi connectivity index (χ0v) is 16.7. The van der Waals surface area contributed by atoms with Gasteiger partial charge >= 0.3 is 0 Å². The first kappa shape index (κ1) is 19.5. The van der Waals surface area contributed by atoms with Crippen LogP contribution in [0.25, 0.3) is 0 Å². The molecule has 2 N–H and O–H groups in total. The number of aliphatic hydroxyl groups is 1. The molecule has 3 rings (SSSR count). The summed E-state index contributed by atoms with van der Waals surface area (Å²) in [5.74, 6) is 1.05. The van der Waals surface area contributed by atoms with E-state index in [2.05, 4.69) is 18.2 Å². The molecule has 0 fully saturated rings. The Morgan fingerprint density at radius 2 is 1.89 bits per heavy atom. The Bertz CT molecular complexity index is 825. The highest BCUT2D eigenvalue weighted by Gasteiger charge is 2.37. The monoisotopic (exact) mass is 366 g/mol. The van der Waals surface area contributed by atoms with Gasteiger partial charge in [0.15, 0.2) is 0 Å². The van der Waals surface area contributed by atoms with Gasteiger partial charge in [0.05, 0.1) is 5.60 Å². The van der Waals surface area contributed by atoms with E-state index in [9.17, 15) is 10.2 Å². The first-order valence-electron chi connectivity index (χ1n) is 9.68. The molecule has 0 aromatic heterocycles. The quantitative estimate of drug-likeness (QED) is 0.725. The number of allylic oxidation sites excluding steroid dienone is 2. The Hall–Kier alpha value is -2.26. The first-order chi connectivity index (χ1) is 12.8. The van der Waals surface area contributed by atoms with E-state index in [0.29, 0.717) is 12.8 Å². The van der Waals surface area contributed by atoms with Crippen LogP contribution in [0.15, 0.2) is 48.0 Å². The average molecular weight is 367 g/mol. The molecule has 1 aliphatic rings. The van der Waals surface area contributed by atoms with E-state index in [0.717, 1.165) is 35.3 Å². The number of benzene rings is 2. The second-order valence-electron chi connectivity index (χ2n) is 8.28. The summed E-state index contributed by atoms with van der Waals surface area (Å²) in [6, 6.07) is 12.3. The van der Waals surface area contributed by atoms with Gasteiger partial charge in [0.2, 0.25) is 0 Å². The van der Waals surface area contributed by atoms with Crippen molar-refractivity contribution in [2.45, 2.75) is 65.1 Å². The molecule has 1 aliphatic heterocycles. The van der Waals surface area contributed by atoms with Gasteiger partial charge in [-0.1, -0.05) is 42.0 Å². The lowest BCUT2D eigenvalue weighted by Gasteiger charge is -2.25. The number of ether oxygens (including phenoxy) is 1. The van der Waals surface area contributed by atoms with Gasteiger partial charge < -0.3 is 14.9 Å². The van der Waals surface area contributed by atoms with Crippen molar-refractivity contribution >= 4 is 0 Å².